The number of aliphatic carboxylic acids is 1. The molecule has 0 atom stereocenters. The molecule has 8 nitrogen and oxygen atoms in total. The Balaban J connectivity index is 1.41. The molecule has 0 spiro atoms. The second kappa shape index (κ2) is 9.29. The van der Waals surface area contributed by atoms with Gasteiger partial charge in [-0.25, -0.2) is 15.0 Å². The van der Waals surface area contributed by atoms with Crippen molar-refractivity contribution in [1.82, 2.24) is 15.0 Å². The molecule has 1 aliphatic rings. The van der Waals surface area contributed by atoms with Gasteiger partial charge in [0.2, 0.25) is 0 Å². The lowest BCUT2D eigenvalue weighted by Gasteiger charge is -2.31. The fourth-order valence-electron chi connectivity index (χ4n) is 3.33. The molecule has 0 bridgehead atoms. The van der Waals surface area contributed by atoms with Crippen LogP contribution >= 0.6 is 34.3 Å². The molecule has 11 heteroatoms. The maximum Gasteiger partial charge on any atom is 0.306 e. The van der Waals surface area contributed by atoms with Crippen molar-refractivity contribution < 1.29 is 14.7 Å². The van der Waals surface area contributed by atoms with E-state index in [9.17, 15) is 9.59 Å². The number of nitrogens with zero attached hydrogens (tertiary/aromatic N) is 4. The Morgan fingerprint density at radius 2 is 1.94 bits per heavy atom. The number of thiazole rings is 2. The van der Waals surface area contributed by atoms with Gasteiger partial charge >= 0.3 is 5.97 Å². The standard InChI is InChI=1S/C20H20ClN5O3S2/c1-2-16-23-14(9-30-16)15-10-31-20(24-15)25-18(27)12-7-13(21)17(22-8-12)26-5-3-11(4-6-26)19(28)29/h7-11H,2-6H2,1H3,(H,28,29)(H,24,25,27). The molecule has 1 fully saturated rings. The average molecular weight is 478 g/mol. The highest BCUT2D eigenvalue weighted by Gasteiger charge is 2.26. The summed E-state index contributed by atoms with van der Waals surface area (Å²) in [4.78, 5) is 39.0. The molecule has 2 N–H and O–H groups in total. The number of aryl methyl sites for hydroxylation is 1. The van der Waals surface area contributed by atoms with Crippen molar-refractivity contribution in [3.63, 3.8) is 0 Å². The van der Waals surface area contributed by atoms with Crippen molar-refractivity contribution in [2.24, 2.45) is 5.92 Å². The van der Waals surface area contributed by atoms with Crippen molar-refractivity contribution in [2.75, 3.05) is 23.3 Å². The number of carboxylic acid groups (broad SMARTS) is 1. The van der Waals surface area contributed by atoms with Crippen molar-refractivity contribution in [3.8, 4) is 11.4 Å². The SMILES string of the molecule is CCc1nc(-c2csc(NC(=O)c3cnc(N4CCC(C(=O)O)CC4)c(Cl)c3)n2)cs1. The Morgan fingerprint density at radius 1 is 1.23 bits per heavy atom. The van der Waals surface area contributed by atoms with E-state index in [1.165, 1.54) is 17.5 Å². The summed E-state index contributed by atoms with van der Waals surface area (Å²) in [7, 11) is 0. The summed E-state index contributed by atoms with van der Waals surface area (Å²) >= 11 is 9.31. The summed E-state index contributed by atoms with van der Waals surface area (Å²) in [6.07, 6.45) is 3.43. The zero-order valence-corrected chi connectivity index (χ0v) is 19.1. The van der Waals surface area contributed by atoms with E-state index in [4.69, 9.17) is 16.7 Å². The van der Waals surface area contributed by atoms with Gasteiger partial charge in [-0.2, -0.15) is 0 Å². The van der Waals surface area contributed by atoms with Crippen molar-refractivity contribution in [1.29, 1.82) is 0 Å². The summed E-state index contributed by atoms with van der Waals surface area (Å²) in [5.41, 5.74) is 1.86. The second-order valence-corrected chi connectivity index (χ2v) is 9.31. The highest BCUT2D eigenvalue weighted by atomic mass is 35.5. The Kier molecular flexibility index (Phi) is 6.49. The van der Waals surface area contributed by atoms with Crippen LogP contribution in [0.2, 0.25) is 5.02 Å². The predicted molar refractivity (Wildman–Crippen MR) is 122 cm³/mol. The Morgan fingerprint density at radius 3 is 2.58 bits per heavy atom. The number of hydrogen-bond donors (Lipinski definition) is 2. The summed E-state index contributed by atoms with van der Waals surface area (Å²) < 4.78 is 0. The third kappa shape index (κ3) is 4.86. The van der Waals surface area contributed by atoms with Crippen molar-refractivity contribution in [2.45, 2.75) is 26.2 Å². The molecule has 1 amide bonds. The number of hydrogen-bond acceptors (Lipinski definition) is 8. The van der Waals surface area contributed by atoms with E-state index in [-0.39, 0.29) is 11.8 Å². The van der Waals surface area contributed by atoms with Crippen LogP contribution in [0.15, 0.2) is 23.0 Å². The van der Waals surface area contributed by atoms with Crippen LogP contribution in [0, 0.1) is 5.92 Å². The number of carboxylic acids is 1. The molecule has 31 heavy (non-hydrogen) atoms. The normalized spacial score (nSPS) is 14.6. The molecule has 4 heterocycles. The summed E-state index contributed by atoms with van der Waals surface area (Å²) in [5.74, 6) is -0.884. The van der Waals surface area contributed by atoms with E-state index < -0.39 is 5.97 Å². The van der Waals surface area contributed by atoms with E-state index in [1.807, 2.05) is 15.7 Å². The fraction of sp³-hybridized carbons (Fsp3) is 0.350. The van der Waals surface area contributed by atoms with Gasteiger partial charge in [0.05, 0.1) is 21.5 Å². The van der Waals surface area contributed by atoms with Crippen LogP contribution < -0.4 is 10.2 Å². The highest BCUT2D eigenvalue weighted by Crippen LogP contribution is 2.30. The van der Waals surface area contributed by atoms with Gasteiger partial charge in [0.15, 0.2) is 5.13 Å². The molecule has 0 aromatic carbocycles. The molecule has 0 unspecified atom stereocenters. The van der Waals surface area contributed by atoms with E-state index in [1.54, 1.807) is 17.4 Å². The highest BCUT2D eigenvalue weighted by molar-refractivity contribution is 7.14. The van der Waals surface area contributed by atoms with Gasteiger partial charge in [-0.1, -0.05) is 18.5 Å². The first-order valence-electron chi connectivity index (χ1n) is 9.79. The van der Waals surface area contributed by atoms with Crippen LogP contribution in [0.25, 0.3) is 11.4 Å². The molecule has 4 rings (SSSR count). The minimum atomic E-state index is -0.767. The first-order valence-corrected chi connectivity index (χ1v) is 11.9. The van der Waals surface area contributed by atoms with E-state index in [2.05, 4.69) is 27.2 Å². The lowest BCUT2D eigenvalue weighted by molar-refractivity contribution is -0.142. The van der Waals surface area contributed by atoms with Gasteiger partial charge < -0.3 is 10.0 Å². The maximum absolute atomic E-state index is 12.6. The summed E-state index contributed by atoms with van der Waals surface area (Å²) in [6.45, 7) is 3.18. The molecule has 0 radical (unpaired) electrons. The number of piperidine rings is 1. The van der Waals surface area contributed by atoms with E-state index >= 15 is 0 Å². The average Bonchev–Trinajstić information content (AvgIpc) is 3.43. The van der Waals surface area contributed by atoms with Crippen LogP contribution in [0.1, 0.15) is 35.1 Å². The topological polar surface area (TPSA) is 108 Å². The quantitative estimate of drug-likeness (QED) is 0.540. The lowest BCUT2D eigenvalue weighted by Crippen LogP contribution is -2.37. The molecule has 3 aromatic heterocycles. The molecule has 1 saturated heterocycles. The largest absolute Gasteiger partial charge is 0.481 e. The summed E-state index contributed by atoms with van der Waals surface area (Å²) in [5, 5.41) is 17.6. The number of amides is 1. The maximum atomic E-state index is 12.6. The number of anilines is 2. The third-order valence-electron chi connectivity index (χ3n) is 5.07. The second-order valence-electron chi connectivity index (χ2n) is 7.10. The molecule has 0 aliphatic carbocycles. The Bertz CT molecular complexity index is 1110. The first-order chi connectivity index (χ1) is 14.9. The monoisotopic (exact) mass is 477 g/mol. The van der Waals surface area contributed by atoms with Gasteiger partial charge in [-0.3, -0.25) is 14.9 Å². The Hall–Kier alpha value is -2.56. The van der Waals surface area contributed by atoms with Gasteiger partial charge in [0.1, 0.15) is 17.2 Å². The van der Waals surface area contributed by atoms with Crippen molar-refractivity contribution in [3.05, 3.63) is 38.6 Å². The van der Waals surface area contributed by atoms with Crippen LogP contribution in [-0.4, -0.2) is 45.0 Å². The number of halogens is 1. The number of rotatable bonds is 6. The molecule has 1 aliphatic heterocycles. The van der Waals surface area contributed by atoms with Crippen LogP contribution in [0.4, 0.5) is 10.9 Å². The predicted octanol–water partition coefficient (Wildman–Crippen LogP) is 4.43. The van der Waals surface area contributed by atoms with Crippen LogP contribution in [0.3, 0.4) is 0 Å². The fourth-order valence-corrected chi connectivity index (χ4v) is 5.06. The smallest absolute Gasteiger partial charge is 0.306 e. The first kappa shape index (κ1) is 21.7. The Labute approximate surface area is 191 Å². The van der Waals surface area contributed by atoms with Gasteiger partial charge in [-0.05, 0) is 25.3 Å². The van der Waals surface area contributed by atoms with Gasteiger partial charge in [0, 0.05) is 30.0 Å². The number of aromatic nitrogens is 3. The number of carbonyl (C=O) groups is 2. The van der Waals surface area contributed by atoms with Crippen LogP contribution in [0.5, 0.6) is 0 Å². The van der Waals surface area contributed by atoms with Gasteiger partial charge in [0.25, 0.3) is 5.91 Å². The van der Waals surface area contributed by atoms with Crippen LogP contribution in [-0.2, 0) is 11.2 Å². The minimum absolute atomic E-state index is 0.327. The zero-order chi connectivity index (χ0) is 22.0. The minimum Gasteiger partial charge on any atom is -0.481 e. The van der Waals surface area contributed by atoms with Gasteiger partial charge in [-0.15, -0.1) is 22.7 Å². The summed E-state index contributed by atoms with van der Waals surface area (Å²) in [6, 6.07) is 1.57. The molecular weight excluding hydrogens is 458 g/mol. The third-order valence-corrected chi connectivity index (χ3v) is 7.10. The molecule has 3 aromatic rings. The molecule has 162 valence electrons. The number of carbonyl (C=O) groups excluding carboxylic acids is 1. The molecular formula is C20H20ClN5O3S2. The number of pyridine rings is 1. The molecule has 0 saturated carbocycles. The number of nitrogens with one attached hydrogen (secondary N) is 1. The lowest BCUT2D eigenvalue weighted by atomic mass is 9.97. The van der Waals surface area contributed by atoms with E-state index in [0.29, 0.717) is 47.5 Å². The van der Waals surface area contributed by atoms with Crippen molar-refractivity contribution >= 4 is 57.1 Å². The zero-order valence-electron chi connectivity index (χ0n) is 16.7. The van der Waals surface area contributed by atoms with E-state index in [0.717, 1.165) is 22.8 Å².